The molecular weight excluding hydrogens is 254 g/mol. The Labute approximate surface area is 120 Å². The fourth-order valence-electron chi connectivity index (χ4n) is 2.84. The molecule has 1 unspecified atom stereocenters. The molecule has 1 N–H and O–H groups in total. The molecule has 0 bridgehead atoms. The van der Waals surface area contributed by atoms with Crippen LogP contribution in [0.5, 0.6) is 0 Å². The van der Waals surface area contributed by atoms with Gasteiger partial charge in [-0.3, -0.25) is 4.90 Å². The summed E-state index contributed by atoms with van der Waals surface area (Å²) >= 11 is 0. The maximum absolute atomic E-state index is 11.4. The average molecular weight is 277 g/mol. The predicted octanol–water partition coefficient (Wildman–Crippen LogP) is 2.07. The first-order valence-electron chi connectivity index (χ1n) is 7.23. The molecule has 4 nitrogen and oxygen atoms in total. The first kappa shape index (κ1) is 15.0. The fourth-order valence-corrected chi connectivity index (χ4v) is 2.84. The maximum atomic E-state index is 11.4. The Kier molecular flexibility index (Phi) is 5.56. The zero-order valence-electron chi connectivity index (χ0n) is 12.0. The monoisotopic (exact) mass is 277 g/mol. The number of aliphatic hydroxyl groups excluding tert-OH is 1. The van der Waals surface area contributed by atoms with Crippen molar-refractivity contribution in [1.82, 2.24) is 4.90 Å². The van der Waals surface area contributed by atoms with E-state index < -0.39 is 0 Å². The van der Waals surface area contributed by atoms with Crippen LogP contribution < -0.4 is 0 Å². The number of methoxy groups -OCH3 is 1. The summed E-state index contributed by atoms with van der Waals surface area (Å²) in [6, 6.07) is 7.61. The molecule has 1 aromatic carbocycles. The standard InChI is InChI=1S/C16H23NO3/c1-20-16(19)15-6-4-14(5-7-15)12-17-9-2-3-13(11-17)8-10-18/h4-7,13,18H,2-3,8-12H2,1H3. The van der Waals surface area contributed by atoms with E-state index in [1.54, 1.807) is 0 Å². The van der Waals surface area contributed by atoms with Crippen molar-refractivity contribution in [3.63, 3.8) is 0 Å². The quantitative estimate of drug-likeness (QED) is 0.837. The van der Waals surface area contributed by atoms with Gasteiger partial charge in [0.1, 0.15) is 0 Å². The normalized spacial score (nSPS) is 19.8. The lowest BCUT2D eigenvalue weighted by molar-refractivity contribution is 0.0600. The number of nitrogens with zero attached hydrogens (tertiary/aromatic N) is 1. The van der Waals surface area contributed by atoms with Crippen molar-refractivity contribution in [2.24, 2.45) is 5.92 Å². The third kappa shape index (κ3) is 4.05. The maximum Gasteiger partial charge on any atom is 0.337 e. The lowest BCUT2D eigenvalue weighted by Crippen LogP contribution is -2.35. The lowest BCUT2D eigenvalue weighted by atomic mass is 9.95. The summed E-state index contributed by atoms with van der Waals surface area (Å²) < 4.78 is 4.69. The third-order valence-electron chi connectivity index (χ3n) is 3.92. The van der Waals surface area contributed by atoms with E-state index >= 15 is 0 Å². The number of aliphatic hydroxyl groups is 1. The molecule has 1 fully saturated rings. The van der Waals surface area contributed by atoms with Crippen LogP contribution in [0.4, 0.5) is 0 Å². The van der Waals surface area contributed by atoms with Crippen LogP contribution in [0.2, 0.25) is 0 Å². The molecule has 1 aliphatic heterocycles. The Hall–Kier alpha value is -1.39. The minimum atomic E-state index is -0.294. The topological polar surface area (TPSA) is 49.8 Å². The highest BCUT2D eigenvalue weighted by atomic mass is 16.5. The summed E-state index contributed by atoms with van der Waals surface area (Å²) in [6.07, 6.45) is 3.32. The minimum Gasteiger partial charge on any atom is -0.465 e. The van der Waals surface area contributed by atoms with Crippen molar-refractivity contribution in [2.45, 2.75) is 25.8 Å². The molecule has 1 saturated heterocycles. The molecule has 0 radical (unpaired) electrons. The van der Waals surface area contributed by atoms with Crippen molar-refractivity contribution in [1.29, 1.82) is 0 Å². The highest BCUT2D eigenvalue weighted by molar-refractivity contribution is 5.89. The molecular formula is C16H23NO3. The zero-order chi connectivity index (χ0) is 14.4. The second-order valence-electron chi connectivity index (χ2n) is 5.44. The predicted molar refractivity (Wildman–Crippen MR) is 77.5 cm³/mol. The van der Waals surface area contributed by atoms with Gasteiger partial charge in [0.2, 0.25) is 0 Å². The van der Waals surface area contributed by atoms with Crippen molar-refractivity contribution in [2.75, 3.05) is 26.8 Å². The molecule has 0 aliphatic carbocycles. The highest BCUT2D eigenvalue weighted by Gasteiger charge is 2.19. The molecule has 0 aromatic heterocycles. The van der Waals surface area contributed by atoms with E-state index in [4.69, 9.17) is 9.84 Å². The first-order chi connectivity index (χ1) is 9.72. The Balaban J connectivity index is 1.91. The van der Waals surface area contributed by atoms with Gasteiger partial charge >= 0.3 is 5.97 Å². The number of likely N-dealkylation sites (tertiary alicyclic amines) is 1. The Morgan fingerprint density at radius 2 is 2.15 bits per heavy atom. The van der Waals surface area contributed by atoms with Gasteiger partial charge in [0.15, 0.2) is 0 Å². The van der Waals surface area contributed by atoms with Gasteiger partial charge in [-0.25, -0.2) is 4.79 Å². The summed E-state index contributed by atoms with van der Waals surface area (Å²) in [5.41, 5.74) is 1.80. The Morgan fingerprint density at radius 1 is 1.40 bits per heavy atom. The summed E-state index contributed by atoms with van der Waals surface area (Å²) in [5.74, 6) is 0.320. The number of benzene rings is 1. The average Bonchev–Trinajstić information content (AvgIpc) is 2.48. The summed E-state index contributed by atoms with van der Waals surface area (Å²) in [6.45, 7) is 3.36. The largest absolute Gasteiger partial charge is 0.465 e. The van der Waals surface area contributed by atoms with Crippen molar-refractivity contribution in [3.05, 3.63) is 35.4 Å². The highest BCUT2D eigenvalue weighted by Crippen LogP contribution is 2.21. The van der Waals surface area contributed by atoms with E-state index in [2.05, 4.69) is 4.90 Å². The van der Waals surface area contributed by atoms with E-state index in [0.717, 1.165) is 26.1 Å². The number of hydrogen-bond acceptors (Lipinski definition) is 4. The van der Waals surface area contributed by atoms with Crippen LogP contribution in [0, 0.1) is 5.92 Å². The van der Waals surface area contributed by atoms with Crippen LogP contribution >= 0.6 is 0 Å². The molecule has 1 atom stereocenters. The van der Waals surface area contributed by atoms with Crippen LogP contribution in [-0.2, 0) is 11.3 Å². The van der Waals surface area contributed by atoms with Gasteiger partial charge < -0.3 is 9.84 Å². The Bertz CT molecular complexity index is 428. The van der Waals surface area contributed by atoms with Gasteiger partial charge in [0, 0.05) is 19.7 Å². The first-order valence-corrected chi connectivity index (χ1v) is 7.23. The van der Waals surface area contributed by atoms with E-state index in [-0.39, 0.29) is 12.6 Å². The molecule has 4 heteroatoms. The molecule has 1 aromatic rings. The number of esters is 1. The van der Waals surface area contributed by atoms with Gasteiger partial charge in [0.05, 0.1) is 12.7 Å². The smallest absolute Gasteiger partial charge is 0.337 e. The van der Waals surface area contributed by atoms with Gasteiger partial charge in [0.25, 0.3) is 0 Å². The van der Waals surface area contributed by atoms with Gasteiger partial charge in [-0.1, -0.05) is 12.1 Å². The Morgan fingerprint density at radius 3 is 2.80 bits per heavy atom. The summed E-state index contributed by atoms with van der Waals surface area (Å²) in [7, 11) is 1.39. The molecule has 0 amide bonds. The molecule has 1 heterocycles. The van der Waals surface area contributed by atoms with Crippen molar-refractivity contribution < 1.29 is 14.6 Å². The van der Waals surface area contributed by atoms with Gasteiger partial charge in [-0.05, 0) is 49.4 Å². The van der Waals surface area contributed by atoms with Crippen LogP contribution in [0.3, 0.4) is 0 Å². The number of piperidine rings is 1. The number of carbonyl (C=O) groups is 1. The van der Waals surface area contributed by atoms with Crippen molar-refractivity contribution >= 4 is 5.97 Å². The zero-order valence-corrected chi connectivity index (χ0v) is 12.0. The van der Waals surface area contributed by atoms with Crippen LogP contribution in [0.15, 0.2) is 24.3 Å². The number of rotatable bonds is 5. The SMILES string of the molecule is COC(=O)c1ccc(CN2CCCC(CCO)C2)cc1. The summed E-state index contributed by atoms with van der Waals surface area (Å²) in [4.78, 5) is 13.8. The molecule has 0 spiro atoms. The van der Waals surface area contributed by atoms with E-state index in [0.29, 0.717) is 11.5 Å². The second kappa shape index (κ2) is 7.41. The number of hydrogen-bond donors (Lipinski definition) is 1. The number of carbonyl (C=O) groups excluding carboxylic acids is 1. The van der Waals surface area contributed by atoms with Gasteiger partial charge in [-0.2, -0.15) is 0 Å². The minimum absolute atomic E-state index is 0.284. The van der Waals surface area contributed by atoms with Crippen LogP contribution in [-0.4, -0.2) is 42.8 Å². The molecule has 0 saturated carbocycles. The number of ether oxygens (including phenoxy) is 1. The molecule has 1 aliphatic rings. The van der Waals surface area contributed by atoms with Crippen LogP contribution in [0.25, 0.3) is 0 Å². The van der Waals surface area contributed by atoms with Crippen LogP contribution in [0.1, 0.15) is 35.2 Å². The van der Waals surface area contributed by atoms with E-state index in [9.17, 15) is 4.79 Å². The molecule has 20 heavy (non-hydrogen) atoms. The lowest BCUT2D eigenvalue weighted by Gasteiger charge is -2.32. The summed E-state index contributed by atoms with van der Waals surface area (Å²) in [5, 5.41) is 9.04. The van der Waals surface area contributed by atoms with Crippen molar-refractivity contribution in [3.8, 4) is 0 Å². The molecule has 2 rings (SSSR count). The second-order valence-corrected chi connectivity index (χ2v) is 5.44. The fraction of sp³-hybridized carbons (Fsp3) is 0.562. The molecule has 110 valence electrons. The van der Waals surface area contributed by atoms with E-state index in [1.165, 1.54) is 25.5 Å². The third-order valence-corrected chi connectivity index (χ3v) is 3.92. The van der Waals surface area contributed by atoms with E-state index in [1.807, 2.05) is 24.3 Å². The van der Waals surface area contributed by atoms with Gasteiger partial charge in [-0.15, -0.1) is 0 Å².